The summed E-state index contributed by atoms with van der Waals surface area (Å²) >= 11 is 0. The van der Waals surface area contributed by atoms with Crippen molar-refractivity contribution in [2.75, 3.05) is 6.54 Å². The third-order valence-electron chi connectivity index (χ3n) is 4.58. The highest BCUT2D eigenvalue weighted by Crippen LogP contribution is 2.36. The standard InChI is InChI=1S/C15H16N2O2/c18-15(19)9-5-10-6-12-11-3-1-2-4-13(11)16-14(12)8-17(10)7-9/h1-4,9-10,16H,5-8H2,(H,18,19)/t9-,10+/m0/s1. The topological polar surface area (TPSA) is 56.3 Å². The van der Waals surface area contributed by atoms with Crippen molar-refractivity contribution in [3.05, 3.63) is 35.5 Å². The van der Waals surface area contributed by atoms with Crippen LogP contribution in [0.4, 0.5) is 0 Å². The average molecular weight is 256 g/mol. The van der Waals surface area contributed by atoms with Crippen LogP contribution in [0, 0.1) is 5.92 Å². The van der Waals surface area contributed by atoms with E-state index in [1.54, 1.807) is 0 Å². The quantitative estimate of drug-likeness (QED) is 0.820. The molecule has 0 aliphatic carbocycles. The van der Waals surface area contributed by atoms with E-state index in [-0.39, 0.29) is 5.92 Å². The van der Waals surface area contributed by atoms with E-state index in [4.69, 9.17) is 5.11 Å². The van der Waals surface area contributed by atoms with Gasteiger partial charge in [0.2, 0.25) is 0 Å². The van der Waals surface area contributed by atoms with Crippen molar-refractivity contribution >= 4 is 16.9 Å². The van der Waals surface area contributed by atoms with Crippen LogP contribution in [0.2, 0.25) is 0 Å². The lowest BCUT2D eigenvalue weighted by atomic mass is 9.95. The molecule has 1 aromatic heterocycles. The van der Waals surface area contributed by atoms with Gasteiger partial charge >= 0.3 is 5.97 Å². The second-order valence-corrected chi connectivity index (χ2v) is 5.69. The molecule has 1 fully saturated rings. The summed E-state index contributed by atoms with van der Waals surface area (Å²) in [5.74, 6) is -0.844. The highest BCUT2D eigenvalue weighted by atomic mass is 16.4. The van der Waals surface area contributed by atoms with Gasteiger partial charge < -0.3 is 10.1 Å². The third-order valence-corrected chi connectivity index (χ3v) is 4.58. The Hall–Kier alpha value is -1.81. The number of aliphatic carboxylic acids is 1. The number of para-hydroxylation sites is 1. The lowest BCUT2D eigenvalue weighted by Gasteiger charge is -2.29. The Balaban J connectivity index is 1.71. The van der Waals surface area contributed by atoms with Gasteiger partial charge in [-0.1, -0.05) is 18.2 Å². The van der Waals surface area contributed by atoms with E-state index in [1.807, 2.05) is 6.07 Å². The number of nitrogens with zero attached hydrogens (tertiary/aromatic N) is 1. The predicted molar refractivity (Wildman–Crippen MR) is 71.9 cm³/mol. The number of hydrogen-bond donors (Lipinski definition) is 2. The van der Waals surface area contributed by atoms with Crippen molar-refractivity contribution in [3.8, 4) is 0 Å². The molecular weight excluding hydrogens is 240 g/mol. The molecule has 1 aromatic carbocycles. The molecule has 2 atom stereocenters. The van der Waals surface area contributed by atoms with Crippen LogP contribution in [-0.4, -0.2) is 33.5 Å². The van der Waals surface area contributed by atoms with E-state index in [2.05, 4.69) is 28.1 Å². The van der Waals surface area contributed by atoms with E-state index in [0.29, 0.717) is 12.6 Å². The number of carboxylic acids is 1. The molecular formula is C15H16N2O2. The smallest absolute Gasteiger partial charge is 0.307 e. The van der Waals surface area contributed by atoms with Crippen molar-refractivity contribution in [3.63, 3.8) is 0 Å². The van der Waals surface area contributed by atoms with Gasteiger partial charge in [0.05, 0.1) is 5.92 Å². The van der Waals surface area contributed by atoms with Crippen LogP contribution in [0.1, 0.15) is 17.7 Å². The average Bonchev–Trinajstić information content (AvgIpc) is 2.96. The first kappa shape index (κ1) is 11.1. The van der Waals surface area contributed by atoms with Crippen LogP contribution in [0.25, 0.3) is 10.9 Å². The van der Waals surface area contributed by atoms with Gasteiger partial charge in [-0.15, -0.1) is 0 Å². The minimum atomic E-state index is -0.650. The second kappa shape index (κ2) is 3.84. The van der Waals surface area contributed by atoms with Gasteiger partial charge in [-0.05, 0) is 24.5 Å². The molecule has 19 heavy (non-hydrogen) atoms. The number of carboxylic acid groups (broad SMARTS) is 1. The Morgan fingerprint density at radius 1 is 1.37 bits per heavy atom. The first-order valence-electron chi connectivity index (χ1n) is 6.77. The second-order valence-electron chi connectivity index (χ2n) is 5.69. The molecule has 0 saturated carbocycles. The number of hydrogen-bond acceptors (Lipinski definition) is 2. The summed E-state index contributed by atoms with van der Waals surface area (Å²) in [5, 5.41) is 10.5. The Kier molecular flexibility index (Phi) is 2.23. The lowest BCUT2D eigenvalue weighted by Crippen LogP contribution is -2.35. The summed E-state index contributed by atoms with van der Waals surface area (Å²) in [6.45, 7) is 1.55. The number of aromatic nitrogens is 1. The Morgan fingerprint density at radius 2 is 2.21 bits per heavy atom. The maximum atomic E-state index is 11.1. The van der Waals surface area contributed by atoms with Gasteiger partial charge in [-0.3, -0.25) is 9.69 Å². The molecule has 4 rings (SSSR count). The zero-order valence-electron chi connectivity index (χ0n) is 10.6. The SMILES string of the molecule is O=C(O)[C@H]1C[C@@H]2Cc3c([nH]c4ccccc34)CN2C1. The van der Waals surface area contributed by atoms with Crippen LogP contribution in [-0.2, 0) is 17.8 Å². The zero-order chi connectivity index (χ0) is 13.0. The highest BCUT2D eigenvalue weighted by Gasteiger charge is 2.39. The number of fused-ring (bicyclic) bond motifs is 4. The third kappa shape index (κ3) is 1.60. The molecule has 1 saturated heterocycles. The number of nitrogens with one attached hydrogen (secondary N) is 1. The molecule has 98 valence electrons. The zero-order valence-corrected chi connectivity index (χ0v) is 10.6. The summed E-state index contributed by atoms with van der Waals surface area (Å²) in [6, 6.07) is 8.78. The summed E-state index contributed by atoms with van der Waals surface area (Å²) < 4.78 is 0. The molecule has 3 heterocycles. The fourth-order valence-corrected chi connectivity index (χ4v) is 3.63. The molecule has 0 unspecified atom stereocenters. The number of H-pyrrole nitrogens is 1. The molecule has 0 radical (unpaired) electrons. The van der Waals surface area contributed by atoms with E-state index in [9.17, 15) is 4.79 Å². The number of aromatic amines is 1. The van der Waals surface area contributed by atoms with Gasteiger partial charge in [0, 0.05) is 35.7 Å². The summed E-state index contributed by atoms with van der Waals surface area (Å²) in [4.78, 5) is 16.9. The molecule has 2 aliphatic rings. The predicted octanol–water partition coefficient (Wildman–Crippen LogP) is 2.00. The van der Waals surface area contributed by atoms with Crippen LogP contribution < -0.4 is 0 Å². The summed E-state index contributed by atoms with van der Waals surface area (Å²) in [6.07, 6.45) is 1.76. The van der Waals surface area contributed by atoms with E-state index >= 15 is 0 Å². The van der Waals surface area contributed by atoms with Gasteiger partial charge in [0.1, 0.15) is 0 Å². The minimum Gasteiger partial charge on any atom is -0.481 e. The van der Waals surface area contributed by atoms with Crippen LogP contribution in [0.3, 0.4) is 0 Å². The molecule has 0 amide bonds. The number of benzene rings is 1. The van der Waals surface area contributed by atoms with Gasteiger partial charge in [-0.2, -0.15) is 0 Å². The fraction of sp³-hybridized carbons (Fsp3) is 0.400. The number of rotatable bonds is 1. The Bertz CT molecular complexity index is 661. The minimum absolute atomic E-state index is 0.194. The number of carbonyl (C=O) groups is 1. The Morgan fingerprint density at radius 3 is 3.05 bits per heavy atom. The summed E-state index contributed by atoms with van der Waals surface area (Å²) in [5.41, 5.74) is 3.86. The first-order valence-corrected chi connectivity index (χ1v) is 6.77. The molecule has 4 nitrogen and oxygen atoms in total. The Labute approximate surface area is 111 Å². The van der Waals surface area contributed by atoms with Crippen molar-refractivity contribution in [2.24, 2.45) is 5.92 Å². The maximum absolute atomic E-state index is 11.1. The normalized spacial score (nSPS) is 26.3. The van der Waals surface area contributed by atoms with Gasteiger partial charge in [0.15, 0.2) is 0 Å². The van der Waals surface area contributed by atoms with Crippen molar-refractivity contribution in [2.45, 2.75) is 25.4 Å². The maximum Gasteiger partial charge on any atom is 0.307 e. The van der Waals surface area contributed by atoms with Crippen molar-refractivity contribution in [1.82, 2.24) is 9.88 Å². The molecule has 0 bridgehead atoms. The van der Waals surface area contributed by atoms with E-state index in [0.717, 1.165) is 19.4 Å². The first-order chi connectivity index (χ1) is 9.22. The highest BCUT2D eigenvalue weighted by molar-refractivity contribution is 5.85. The summed E-state index contributed by atoms with van der Waals surface area (Å²) in [7, 11) is 0. The van der Waals surface area contributed by atoms with E-state index in [1.165, 1.54) is 22.2 Å². The van der Waals surface area contributed by atoms with Gasteiger partial charge in [-0.25, -0.2) is 0 Å². The molecule has 2 aromatic rings. The largest absolute Gasteiger partial charge is 0.481 e. The monoisotopic (exact) mass is 256 g/mol. The van der Waals surface area contributed by atoms with Crippen molar-refractivity contribution in [1.29, 1.82) is 0 Å². The van der Waals surface area contributed by atoms with Crippen LogP contribution in [0.15, 0.2) is 24.3 Å². The van der Waals surface area contributed by atoms with Crippen LogP contribution in [0.5, 0.6) is 0 Å². The fourth-order valence-electron chi connectivity index (χ4n) is 3.63. The molecule has 2 N–H and O–H groups in total. The van der Waals surface area contributed by atoms with E-state index < -0.39 is 5.97 Å². The molecule has 2 aliphatic heterocycles. The van der Waals surface area contributed by atoms with Crippen LogP contribution >= 0.6 is 0 Å². The molecule has 4 heteroatoms. The van der Waals surface area contributed by atoms with Crippen molar-refractivity contribution < 1.29 is 9.90 Å². The molecule has 0 spiro atoms. The lowest BCUT2D eigenvalue weighted by molar-refractivity contribution is -0.141. The van der Waals surface area contributed by atoms with Gasteiger partial charge in [0.25, 0.3) is 0 Å².